The highest BCUT2D eigenvalue weighted by atomic mass is 19.1. The van der Waals surface area contributed by atoms with E-state index in [1.807, 2.05) is 36.4 Å². The first kappa shape index (κ1) is 14.8. The van der Waals surface area contributed by atoms with Crippen molar-refractivity contribution >= 4 is 10.8 Å². The van der Waals surface area contributed by atoms with E-state index in [9.17, 15) is 4.39 Å². The molecule has 112 valence electrons. The van der Waals surface area contributed by atoms with Gasteiger partial charge in [0.05, 0.1) is 0 Å². The molecular weight excluding hydrogens is 271 g/mol. The Balaban J connectivity index is 2.05. The summed E-state index contributed by atoms with van der Waals surface area (Å²) >= 11 is 0. The second-order valence-electron chi connectivity index (χ2n) is 5.78. The van der Waals surface area contributed by atoms with Crippen LogP contribution >= 0.6 is 0 Å². The maximum atomic E-state index is 14.8. The lowest BCUT2D eigenvalue weighted by Crippen LogP contribution is -1.89. The lowest BCUT2D eigenvalue weighted by Gasteiger charge is -2.09. The van der Waals surface area contributed by atoms with Crippen LogP contribution in [0.2, 0.25) is 0 Å². The van der Waals surface area contributed by atoms with Crippen LogP contribution in [0.4, 0.5) is 4.39 Å². The van der Waals surface area contributed by atoms with E-state index < -0.39 is 0 Å². The first-order chi connectivity index (χ1) is 10.7. The molecule has 0 radical (unpaired) electrons. The molecular formula is C21H21F. The van der Waals surface area contributed by atoms with Crippen LogP contribution in [0.1, 0.15) is 31.4 Å². The Bertz CT molecular complexity index is 785. The van der Waals surface area contributed by atoms with Crippen molar-refractivity contribution in [1.29, 1.82) is 0 Å². The standard InChI is InChI=1S/C21H21F/c1-3-5-16-6-9-17(10-7-16)19-13-11-18-14-15(4-2)8-12-20(18)21(19)22/h6-14H,3-5H2,1-2H3. The van der Waals surface area contributed by atoms with E-state index in [0.717, 1.165) is 30.2 Å². The van der Waals surface area contributed by atoms with Gasteiger partial charge in [-0.2, -0.15) is 0 Å². The van der Waals surface area contributed by atoms with Crippen molar-refractivity contribution in [3.63, 3.8) is 0 Å². The second kappa shape index (κ2) is 6.31. The van der Waals surface area contributed by atoms with E-state index in [1.165, 1.54) is 11.1 Å². The molecule has 3 rings (SSSR count). The molecule has 0 aliphatic rings. The minimum atomic E-state index is -0.122. The van der Waals surface area contributed by atoms with Gasteiger partial charge in [0.2, 0.25) is 0 Å². The average Bonchev–Trinajstić information content (AvgIpc) is 2.56. The Labute approximate surface area is 131 Å². The second-order valence-corrected chi connectivity index (χ2v) is 5.78. The van der Waals surface area contributed by atoms with Gasteiger partial charge in [-0.25, -0.2) is 4.39 Å². The molecule has 0 unspecified atom stereocenters. The quantitative estimate of drug-likeness (QED) is 0.540. The summed E-state index contributed by atoms with van der Waals surface area (Å²) < 4.78 is 14.8. The van der Waals surface area contributed by atoms with E-state index in [4.69, 9.17) is 0 Å². The van der Waals surface area contributed by atoms with Gasteiger partial charge in [0.15, 0.2) is 0 Å². The van der Waals surface area contributed by atoms with Crippen molar-refractivity contribution in [2.45, 2.75) is 33.1 Å². The van der Waals surface area contributed by atoms with Crippen molar-refractivity contribution < 1.29 is 4.39 Å². The Morgan fingerprint density at radius 3 is 2.23 bits per heavy atom. The molecule has 0 saturated heterocycles. The number of rotatable bonds is 4. The summed E-state index contributed by atoms with van der Waals surface area (Å²) in [4.78, 5) is 0. The zero-order chi connectivity index (χ0) is 15.5. The van der Waals surface area contributed by atoms with Crippen molar-refractivity contribution in [2.75, 3.05) is 0 Å². The van der Waals surface area contributed by atoms with Gasteiger partial charge in [-0.15, -0.1) is 0 Å². The van der Waals surface area contributed by atoms with Crippen LogP contribution < -0.4 is 0 Å². The van der Waals surface area contributed by atoms with Gasteiger partial charge in [0, 0.05) is 10.9 Å². The average molecular weight is 292 g/mol. The SMILES string of the molecule is CCCc1ccc(-c2ccc3cc(CC)ccc3c2F)cc1. The summed E-state index contributed by atoms with van der Waals surface area (Å²) in [5.41, 5.74) is 4.17. The minimum Gasteiger partial charge on any atom is -0.206 e. The molecule has 0 saturated carbocycles. The van der Waals surface area contributed by atoms with Crippen LogP contribution in [0.5, 0.6) is 0 Å². The zero-order valence-corrected chi connectivity index (χ0v) is 13.2. The molecule has 1 heteroatoms. The molecule has 0 aliphatic heterocycles. The third kappa shape index (κ3) is 2.76. The van der Waals surface area contributed by atoms with Gasteiger partial charge in [0.25, 0.3) is 0 Å². The molecule has 0 spiro atoms. The summed E-state index contributed by atoms with van der Waals surface area (Å²) in [5.74, 6) is -0.122. The molecule has 22 heavy (non-hydrogen) atoms. The van der Waals surface area contributed by atoms with Crippen molar-refractivity contribution in [1.82, 2.24) is 0 Å². The fourth-order valence-electron chi connectivity index (χ4n) is 2.92. The maximum Gasteiger partial charge on any atom is 0.138 e. The molecule has 0 fully saturated rings. The fourth-order valence-corrected chi connectivity index (χ4v) is 2.92. The number of halogens is 1. The topological polar surface area (TPSA) is 0 Å². The monoisotopic (exact) mass is 292 g/mol. The number of fused-ring (bicyclic) bond motifs is 1. The van der Waals surface area contributed by atoms with E-state index in [-0.39, 0.29) is 5.82 Å². The molecule has 0 N–H and O–H groups in total. The van der Waals surface area contributed by atoms with E-state index in [0.29, 0.717) is 10.9 Å². The minimum absolute atomic E-state index is 0.122. The van der Waals surface area contributed by atoms with Crippen LogP contribution in [-0.2, 0) is 12.8 Å². The van der Waals surface area contributed by atoms with Crippen LogP contribution in [0.3, 0.4) is 0 Å². The Kier molecular flexibility index (Phi) is 4.24. The summed E-state index contributed by atoms with van der Waals surface area (Å²) in [5, 5.41) is 1.68. The lowest BCUT2D eigenvalue weighted by atomic mass is 9.97. The summed E-state index contributed by atoms with van der Waals surface area (Å²) in [7, 11) is 0. The Morgan fingerprint density at radius 2 is 1.55 bits per heavy atom. The predicted molar refractivity (Wildman–Crippen MR) is 92.7 cm³/mol. The molecule has 0 heterocycles. The summed E-state index contributed by atoms with van der Waals surface area (Å²) in [6, 6.07) is 18.2. The molecule has 0 atom stereocenters. The number of benzene rings is 3. The molecule has 3 aromatic carbocycles. The first-order valence-electron chi connectivity index (χ1n) is 8.03. The molecule has 3 aromatic rings. The zero-order valence-electron chi connectivity index (χ0n) is 13.2. The molecule has 0 bridgehead atoms. The Morgan fingerprint density at radius 1 is 0.818 bits per heavy atom. The lowest BCUT2D eigenvalue weighted by molar-refractivity contribution is 0.643. The largest absolute Gasteiger partial charge is 0.206 e. The highest BCUT2D eigenvalue weighted by Gasteiger charge is 2.09. The van der Waals surface area contributed by atoms with E-state index in [1.54, 1.807) is 0 Å². The normalized spacial score (nSPS) is 11.0. The van der Waals surface area contributed by atoms with Gasteiger partial charge in [-0.3, -0.25) is 0 Å². The van der Waals surface area contributed by atoms with Gasteiger partial charge in [0.1, 0.15) is 5.82 Å². The molecule has 0 aliphatic carbocycles. The van der Waals surface area contributed by atoms with E-state index >= 15 is 0 Å². The molecule has 0 nitrogen and oxygen atoms in total. The van der Waals surface area contributed by atoms with Gasteiger partial charge >= 0.3 is 0 Å². The van der Waals surface area contributed by atoms with E-state index in [2.05, 4.69) is 32.0 Å². The number of hydrogen-bond acceptors (Lipinski definition) is 0. The fraction of sp³-hybridized carbons (Fsp3) is 0.238. The first-order valence-corrected chi connectivity index (χ1v) is 8.03. The van der Waals surface area contributed by atoms with Crippen molar-refractivity contribution in [2.24, 2.45) is 0 Å². The highest BCUT2D eigenvalue weighted by molar-refractivity contribution is 5.88. The van der Waals surface area contributed by atoms with Crippen LogP contribution in [0.25, 0.3) is 21.9 Å². The number of aryl methyl sites for hydroxylation is 2. The van der Waals surface area contributed by atoms with Crippen LogP contribution in [0.15, 0.2) is 54.6 Å². The Hall–Kier alpha value is -2.15. The van der Waals surface area contributed by atoms with Crippen LogP contribution in [-0.4, -0.2) is 0 Å². The third-order valence-electron chi connectivity index (χ3n) is 4.23. The van der Waals surface area contributed by atoms with Crippen molar-refractivity contribution in [3.05, 3.63) is 71.5 Å². The van der Waals surface area contributed by atoms with Gasteiger partial charge in [-0.05, 0) is 34.9 Å². The van der Waals surface area contributed by atoms with Gasteiger partial charge < -0.3 is 0 Å². The molecule has 0 amide bonds. The predicted octanol–water partition coefficient (Wildman–Crippen LogP) is 6.16. The van der Waals surface area contributed by atoms with Crippen LogP contribution in [0, 0.1) is 5.82 Å². The highest BCUT2D eigenvalue weighted by Crippen LogP contribution is 2.30. The maximum absolute atomic E-state index is 14.8. The molecule has 0 aromatic heterocycles. The summed E-state index contributed by atoms with van der Waals surface area (Å²) in [6.45, 7) is 4.28. The third-order valence-corrected chi connectivity index (χ3v) is 4.23. The summed E-state index contributed by atoms with van der Waals surface area (Å²) in [6.07, 6.45) is 3.17. The van der Waals surface area contributed by atoms with Gasteiger partial charge in [-0.1, -0.05) is 74.9 Å². The smallest absolute Gasteiger partial charge is 0.138 e. The van der Waals surface area contributed by atoms with Crippen molar-refractivity contribution in [3.8, 4) is 11.1 Å². The number of hydrogen-bond donors (Lipinski definition) is 0.